The van der Waals surface area contributed by atoms with Crippen molar-refractivity contribution in [2.45, 2.75) is 13.0 Å². The van der Waals surface area contributed by atoms with Crippen molar-refractivity contribution in [1.82, 2.24) is 14.5 Å². The van der Waals surface area contributed by atoms with E-state index in [0.29, 0.717) is 18.3 Å². The van der Waals surface area contributed by atoms with Gasteiger partial charge in [-0.3, -0.25) is 4.79 Å². The maximum atomic E-state index is 11.4. The van der Waals surface area contributed by atoms with Crippen molar-refractivity contribution < 1.29 is 4.79 Å². The number of hydrogen-bond acceptors (Lipinski definition) is 2. The number of carbonyl (C=O) groups excluding carboxylic acids is 1. The van der Waals surface area contributed by atoms with Gasteiger partial charge in [-0.2, -0.15) is 0 Å². The predicted molar refractivity (Wildman–Crippen MR) is 58.1 cm³/mol. The molecule has 1 aromatic rings. The lowest BCUT2D eigenvalue weighted by Crippen LogP contribution is -2.27. The van der Waals surface area contributed by atoms with E-state index in [1.807, 2.05) is 17.8 Å². The fraction of sp³-hybridized carbons (Fsp3) is 0.556. The standard InChI is InChI=1S/C9H14BrN3O/c1-12-6-5-11-8(12)7-13(2)9(14)3-4-10/h5-6H,3-4,7H2,1-2H3. The number of nitrogens with zero attached hydrogens (tertiary/aromatic N) is 3. The Bertz CT molecular complexity index is 311. The largest absolute Gasteiger partial charge is 0.338 e. The van der Waals surface area contributed by atoms with Crippen LogP contribution in [0.2, 0.25) is 0 Å². The Balaban J connectivity index is 2.52. The summed E-state index contributed by atoms with van der Waals surface area (Å²) in [5.41, 5.74) is 0. The van der Waals surface area contributed by atoms with Gasteiger partial charge in [0.25, 0.3) is 0 Å². The minimum absolute atomic E-state index is 0.130. The average molecular weight is 260 g/mol. The van der Waals surface area contributed by atoms with Gasteiger partial charge in [0.2, 0.25) is 5.91 Å². The van der Waals surface area contributed by atoms with Gasteiger partial charge >= 0.3 is 0 Å². The third kappa shape index (κ3) is 2.83. The summed E-state index contributed by atoms with van der Waals surface area (Å²) >= 11 is 3.24. The molecule has 4 nitrogen and oxygen atoms in total. The minimum atomic E-state index is 0.130. The summed E-state index contributed by atoms with van der Waals surface area (Å²) in [6, 6.07) is 0. The van der Waals surface area contributed by atoms with E-state index < -0.39 is 0 Å². The van der Waals surface area contributed by atoms with Crippen molar-refractivity contribution in [3.63, 3.8) is 0 Å². The number of alkyl halides is 1. The lowest BCUT2D eigenvalue weighted by atomic mass is 10.4. The smallest absolute Gasteiger partial charge is 0.223 e. The van der Waals surface area contributed by atoms with Gasteiger partial charge in [0.1, 0.15) is 5.82 Å². The Hall–Kier alpha value is -0.840. The first kappa shape index (κ1) is 11.2. The number of aryl methyl sites for hydroxylation is 1. The second-order valence-corrected chi connectivity index (χ2v) is 3.94. The van der Waals surface area contributed by atoms with Gasteiger partial charge in [0, 0.05) is 38.2 Å². The van der Waals surface area contributed by atoms with Crippen molar-refractivity contribution in [1.29, 1.82) is 0 Å². The molecule has 0 saturated carbocycles. The van der Waals surface area contributed by atoms with Crippen molar-refractivity contribution >= 4 is 21.8 Å². The van der Waals surface area contributed by atoms with Gasteiger partial charge in [-0.25, -0.2) is 4.98 Å². The molecule has 1 rings (SSSR count). The number of imidazole rings is 1. The van der Waals surface area contributed by atoms with Gasteiger partial charge in [0.15, 0.2) is 0 Å². The molecule has 0 fully saturated rings. The molecule has 0 aromatic carbocycles. The quantitative estimate of drug-likeness (QED) is 0.762. The molecule has 78 valence electrons. The van der Waals surface area contributed by atoms with E-state index in [1.54, 1.807) is 18.1 Å². The van der Waals surface area contributed by atoms with Crippen LogP contribution in [0.3, 0.4) is 0 Å². The van der Waals surface area contributed by atoms with Crippen molar-refractivity contribution in [3.05, 3.63) is 18.2 Å². The second kappa shape index (κ2) is 5.14. The second-order valence-electron chi connectivity index (χ2n) is 3.14. The molecule has 1 aromatic heterocycles. The monoisotopic (exact) mass is 259 g/mol. The van der Waals surface area contributed by atoms with E-state index in [9.17, 15) is 4.79 Å². The highest BCUT2D eigenvalue weighted by molar-refractivity contribution is 9.09. The molecule has 0 bridgehead atoms. The van der Waals surface area contributed by atoms with Crippen LogP contribution >= 0.6 is 15.9 Å². The molecule has 0 spiro atoms. The van der Waals surface area contributed by atoms with Gasteiger partial charge in [0.05, 0.1) is 6.54 Å². The third-order valence-electron chi connectivity index (χ3n) is 2.03. The Labute approximate surface area is 92.0 Å². The highest BCUT2D eigenvalue weighted by atomic mass is 79.9. The van der Waals surface area contributed by atoms with E-state index in [1.165, 1.54) is 0 Å². The van der Waals surface area contributed by atoms with Crippen LogP contribution in [-0.2, 0) is 18.4 Å². The van der Waals surface area contributed by atoms with Crippen LogP contribution in [-0.4, -0.2) is 32.7 Å². The molecular weight excluding hydrogens is 246 g/mol. The molecule has 1 amide bonds. The highest BCUT2D eigenvalue weighted by Crippen LogP contribution is 2.02. The SMILES string of the molecule is CN(Cc1nccn1C)C(=O)CCBr. The zero-order chi connectivity index (χ0) is 10.6. The zero-order valence-corrected chi connectivity index (χ0v) is 9.99. The van der Waals surface area contributed by atoms with Crippen molar-refractivity contribution in [2.75, 3.05) is 12.4 Å². The van der Waals surface area contributed by atoms with E-state index >= 15 is 0 Å². The van der Waals surface area contributed by atoms with Gasteiger partial charge < -0.3 is 9.47 Å². The molecule has 5 heteroatoms. The van der Waals surface area contributed by atoms with Crippen LogP contribution in [0, 0.1) is 0 Å². The molecule has 1 heterocycles. The molecule has 0 atom stereocenters. The van der Waals surface area contributed by atoms with E-state index in [0.717, 1.165) is 5.82 Å². The normalized spacial score (nSPS) is 10.2. The predicted octanol–water partition coefficient (Wildman–Crippen LogP) is 1.16. The number of halogens is 1. The van der Waals surface area contributed by atoms with Crippen molar-refractivity contribution in [2.24, 2.45) is 7.05 Å². The summed E-state index contributed by atoms with van der Waals surface area (Å²) in [7, 11) is 3.71. The molecule has 0 unspecified atom stereocenters. The van der Waals surface area contributed by atoms with Gasteiger partial charge in [-0.15, -0.1) is 0 Å². The molecular formula is C9H14BrN3O. The van der Waals surface area contributed by atoms with Gasteiger partial charge in [-0.05, 0) is 0 Å². The summed E-state index contributed by atoms with van der Waals surface area (Å²) < 4.78 is 1.91. The maximum absolute atomic E-state index is 11.4. The molecule has 0 N–H and O–H groups in total. The third-order valence-corrected chi connectivity index (χ3v) is 2.43. The molecule has 0 aliphatic heterocycles. The topological polar surface area (TPSA) is 38.1 Å². The number of rotatable bonds is 4. The highest BCUT2D eigenvalue weighted by Gasteiger charge is 2.10. The fourth-order valence-corrected chi connectivity index (χ4v) is 1.46. The van der Waals surface area contributed by atoms with Crippen LogP contribution in [0.15, 0.2) is 12.4 Å². The summed E-state index contributed by atoms with van der Waals surface area (Å²) in [5.74, 6) is 1.03. The summed E-state index contributed by atoms with van der Waals surface area (Å²) in [6.07, 6.45) is 4.14. The number of carbonyl (C=O) groups is 1. The van der Waals surface area contributed by atoms with Crippen LogP contribution in [0.1, 0.15) is 12.2 Å². The van der Waals surface area contributed by atoms with Crippen LogP contribution < -0.4 is 0 Å². The van der Waals surface area contributed by atoms with Gasteiger partial charge in [-0.1, -0.05) is 15.9 Å². The number of amides is 1. The Morgan fingerprint density at radius 1 is 1.71 bits per heavy atom. The van der Waals surface area contributed by atoms with E-state index in [2.05, 4.69) is 20.9 Å². The molecule has 0 aliphatic rings. The number of hydrogen-bond donors (Lipinski definition) is 0. The average Bonchev–Trinajstić information content (AvgIpc) is 2.52. The molecule has 14 heavy (non-hydrogen) atoms. The Kier molecular flexibility index (Phi) is 4.13. The fourth-order valence-electron chi connectivity index (χ4n) is 1.12. The van der Waals surface area contributed by atoms with Crippen LogP contribution in [0.4, 0.5) is 0 Å². The number of aromatic nitrogens is 2. The first-order chi connectivity index (χ1) is 6.65. The molecule has 0 radical (unpaired) electrons. The summed E-state index contributed by atoms with van der Waals surface area (Å²) in [6.45, 7) is 0.565. The zero-order valence-electron chi connectivity index (χ0n) is 8.40. The lowest BCUT2D eigenvalue weighted by molar-refractivity contribution is -0.130. The Morgan fingerprint density at radius 3 is 2.93 bits per heavy atom. The van der Waals surface area contributed by atoms with E-state index in [4.69, 9.17) is 0 Å². The van der Waals surface area contributed by atoms with Crippen LogP contribution in [0.5, 0.6) is 0 Å². The Morgan fingerprint density at radius 2 is 2.43 bits per heavy atom. The lowest BCUT2D eigenvalue weighted by Gasteiger charge is -2.15. The first-order valence-corrected chi connectivity index (χ1v) is 5.53. The van der Waals surface area contributed by atoms with Crippen LogP contribution in [0.25, 0.3) is 0 Å². The maximum Gasteiger partial charge on any atom is 0.223 e. The molecule has 0 aliphatic carbocycles. The summed E-state index contributed by atoms with van der Waals surface area (Å²) in [4.78, 5) is 17.3. The minimum Gasteiger partial charge on any atom is -0.338 e. The first-order valence-electron chi connectivity index (χ1n) is 4.41. The molecule has 0 saturated heterocycles. The van der Waals surface area contributed by atoms with Crippen molar-refractivity contribution in [3.8, 4) is 0 Å². The summed E-state index contributed by atoms with van der Waals surface area (Å²) in [5, 5.41) is 0.705. The van der Waals surface area contributed by atoms with E-state index in [-0.39, 0.29) is 5.91 Å².